The van der Waals surface area contributed by atoms with Crippen LogP contribution in [0.5, 0.6) is 0 Å². The largest absolute Gasteiger partial charge is 0.400 e. The fraction of sp³-hybridized carbons (Fsp3) is 0.250. The number of pyridine rings is 2. The maximum atomic E-state index is 8.00. The summed E-state index contributed by atoms with van der Waals surface area (Å²) in [5.74, 6) is 0.761. The molecule has 5 rings (SSSR count). The standard InChI is InChI=1S/C32H31ClN4.C2H6.CH4O.CH2O/c1-21(22-12-7-5-8-13-22)35-31-29-26(23-14-9-6-10-15-23)16-11-17-27(29)28(30(33)36-31)24-18-25(20-34-19-24)37-32(2,3)4;3*1-2/h5-21,37H,1-4H3,(H,35,36);1-2H3;2H,1H3;1H2. The van der Waals surface area contributed by atoms with Crippen LogP contribution in [0.4, 0.5) is 11.5 Å². The van der Waals surface area contributed by atoms with Crippen molar-refractivity contribution in [1.82, 2.24) is 9.97 Å². The number of aliphatic hydroxyl groups is 1. The lowest BCUT2D eigenvalue weighted by molar-refractivity contribution is -0.0980. The lowest BCUT2D eigenvalue weighted by atomic mass is 9.94. The van der Waals surface area contributed by atoms with Gasteiger partial charge in [0.2, 0.25) is 0 Å². The summed E-state index contributed by atoms with van der Waals surface area (Å²) < 4.78 is 0. The maximum Gasteiger partial charge on any atom is 0.140 e. The van der Waals surface area contributed by atoms with E-state index in [1.807, 2.05) is 45.2 Å². The van der Waals surface area contributed by atoms with Gasteiger partial charge < -0.3 is 20.5 Å². The van der Waals surface area contributed by atoms with E-state index in [-0.39, 0.29) is 11.6 Å². The van der Waals surface area contributed by atoms with Crippen LogP contribution in [0.1, 0.15) is 53.1 Å². The van der Waals surface area contributed by atoms with Crippen LogP contribution in [0, 0.1) is 0 Å². The van der Waals surface area contributed by atoms with Crippen LogP contribution >= 0.6 is 11.6 Å². The number of fused-ring (bicyclic) bond motifs is 1. The summed E-state index contributed by atoms with van der Waals surface area (Å²) >= 11 is 6.96. The van der Waals surface area contributed by atoms with Gasteiger partial charge in [0.25, 0.3) is 0 Å². The van der Waals surface area contributed by atoms with Gasteiger partial charge in [-0.1, -0.05) is 104 Å². The zero-order valence-electron chi connectivity index (χ0n) is 26.1. The van der Waals surface area contributed by atoms with Crippen LogP contribution in [0.2, 0.25) is 5.15 Å². The summed E-state index contributed by atoms with van der Waals surface area (Å²) in [6.45, 7) is 14.5. The van der Waals surface area contributed by atoms with Gasteiger partial charge >= 0.3 is 0 Å². The minimum Gasteiger partial charge on any atom is -0.400 e. The Balaban J connectivity index is 0.00000101. The van der Waals surface area contributed by atoms with Crippen LogP contribution in [0.15, 0.2) is 97.3 Å². The third-order valence-corrected chi connectivity index (χ3v) is 6.54. The molecule has 0 saturated carbocycles. The lowest BCUT2D eigenvalue weighted by Crippen LogP contribution is -2.26. The summed E-state index contributed by atoms with van der Waals surface area (Å²) in [7, 11) is 1.00. The van der Waals surface area contributed by atoms with E-state index in [4.69, 9.17) is 26.5 Å². The third kappa shape index (κ3) is 9.11. The zero-order valence-corrected chi connectivity index (χ0v) is 26.9. The van der Waals surface area contributed by atoms with Crippen molar-refractivity contribution in [3.63, 3.8) is 0 Å². The second kappa shape index (κ2) is 17.0. The number of nitrogens with one attached hydrogen (secondary N) is 2. The summed E-state index contributed by atoms with van der Waals surface area (Å²) in [6, 6.07) is 29.3. The normalized spacial score (nSPS) is 11.0. The first-order valence-corrected chi connectivity index (χ1v) is 14.6. The molecular formula is C36H43ClN4O2. The highest BCUT2D eigenvalue weighted by molar-refractivity contribution is 6.34. The quantitative estimate of drug-likeness (QED) is 0.169. The number of anilines is 2. The molecule has 0 bridgehead atoms. The Morgan fingerprint density at radius 2 is 1.44 bits per heavy atom. The molecule has 3 N–H and O–H groups in total. The van der Waals surface area contributed by atoms with Gasteiger partial charge in [-0.3, -0.25) is 4.98 Å². The molecule has 3 aromatic carbocycles. The molecule has 2 heterocycles. The zero-order chi connectivity index (χ0) is 32.0. The molecule has 1 atom stereocenters. The van der Waals surface area contributed by atoms with Crippen molar-refractivity contribution in [2.75, 3.05) is 17.7 Å². The molecule has 0 saturated heterocycles. The Morgan fingerprint density at radius 1 is 0.837 bits per heavy atom. The summed E-state index contributed by atoms with van der Waals surface area (Å²) in [5.41, 5.74) is 6.05. The van der Waals surface area contributed by atoms with E-state index in [9.17, 15) is 0 Å². The minimum atomic E-state index is -0.0910. The van der Waals surface area contributed by atoms with Gasteiger partial charge in [0, 0.05) is 47.6 Å². The van der Waals surface area contributed by atoms with E-state index in [1.54, 1.807) is 0 Å². The first-order valence-electron chi connectivity index (χ1n) is 14.3. The van der Waals surface area contributed by atoms with E-state index >= 15 is 0 Å². The van der Waals surface area contributed by atoms with E-state index < -0.39 is 0 Å². The topological polar surface area (TPSA) is 87.1 Å². The molecule has 0 spiro atoms. The van der Waals surface area contributed by atoms with Gasteiger partial charge in [0.15, 0.2) is 0 Å². The van der Waals surface area contributed by atoms with Crippen LogP contribution in [0.25, 0.3) is 33.0 Å². The summed E-state index contributed by atoms with van der Waals surface area (Å²) in [5, 5.41) is 16.7. The number of halogens is 1. The maximum absolute atomic E-state index is 8.00. The van der Waals surface area contributed by atoms with Gasteiger partial charge in [-0.25, -0.2) is 4.98 Å². The fourth-order valence-electron chi connectivity index (χ4n) is 4.68. The predicted molar refractivity (Wildman–Crippen MR) is 184 cm³/mol. The number of hydrogen-bond acceptors (Lipinski definition) is 6. The Hall–Kier alpha value is -4.26. The van der Waals surface area contributed by atoms with Crippen LogP contribution < -0.4 is 10.6 Å². The van der Waals surface area contributed by atoms with Gasteiger partial charge in [0.1, 0.15) is 17.8 Å². The van der Waals surface area contributed by atoms with Gasteiger partial charge in [-0.2, -0.15) is 0 Å². The second-order valence-electron chi connectivity index (χ2n) is 10.3. The van der Waals surface area contributed by atoms with Gasteiger partial charge in [-0.05, 0) is 55.8 Å². The molecular weight excluding hydrogens is 556 g/mol. The Labute approximate surface area is 261 Å². The molecule has 5 aromatic rings. The molecule has 43 heavy (non-hydrogen) atoms. The fourth-order valence-corrected chi connectivity index (χ4v) is 4.98. The van der Waals surface area contributed by atoms with Gasteiger partial charge in [-0.15, -0.1) is 0 Å². The average Bonchev–Trinajstić information content (AvgIpc) is 3.04. The first kappa shape index (κ1) is 34.9. The highest BCUT2D eigenvalue weighted by atomic mass is 35.5. The van der Waals surface area contributed by atoms with Crippen molar-refractivity contribution in [3.05, 3.63) is 108 Å². The highest BCUT2D eigenvalue weighted by Crippen LogP contribution is 2.42. The molecule has 0 radical (unpaired) electrons. The Morgan fingerprint density at radius 3 is 2.05 bits per heavy atom. The third-order valence-electron chi connectivity index (χ3n) is 6.27. The minimum absolute atomic E-state index is 0.0450. The Kier molecular flexibility index (Phi) is 13.8. The predicted octanol–water partition coefficient (Wildman–Crippen LogP) is 9.45. The van der Waals surface area contributed by atoms with Crippen molar-refractivity contribution in [1.29, 1.82) is 0 Å². The molecule has 6 nitrogen and oxygen atoms in total. The molecule has 1 unspecified atom stereocenters. The van der Waals surface area contributed by atoms with E-state index in [2.05, 4.69) is 116 Å². The summed E-state index contributed by atoms with van der Waals surface area (Å²) in [4.78, 5) is 17.5. The van der Waals surface area contributed by atoms with Crippen molar-refractivity contribution in [2.45, 2.75) is 53.1 Å². The first-order chi connectivity index (χ1) is 20.8. The molecule has 2 aromatic heterocycles. The number of hydrogen-bond donors (Lipinski definition) is 3. The molecule has 0 aliphatic rings. The SMILES string of the molecule is C=O.CC.CC(Nc1nc(Cl)c(-c2cncc(NC(C)(C)C)c2)c2cccc(-c3ccccc3)c12)c1ccccc1.CO. The van der Waals surface area contributed by atoms with Crippen molar-refractivity contribution in [3.8, 4) is 22.3 Å². The monoisotopic (exact) mass is 598 g/mol. The highest BCUT2D eigenvalue weighted by Gasteiger charge is 2.20. The van der Waals surface area contributed by atoms with E-state index in [0.717, 1.165) is 51.6 Å². The van der Waals surface area contributed by atoms with E-state index in [0.29, 0.717) is 5.15 Å². The number of nitrogens with zero attached hydrogens (tertiary/aromatic N) is 2. The molecule has 0 amide bonds. The van der Waals surface area contributed by atoms with E-state index in [1.165, 1.54) is 5.56 Å². The molecule has 226 valence electrons. The number of aliphatic hydroxyl groups excluding tert-OH is 1. The van der Waals surface area contributed by atoms with Crippen molar-refractivity contribution < 1.29 is 9.90 Å². The average molecular weight is 599 g/mol. The van der Waals surface area contributed by atoms with Crippen molar-refractivity contribution >= 4 is 40.7 Å². The van der Waals surface area contributed by atoms with Gasteiger partial charge in [0.05, 0.1) is 5.69 Å². The molecule has 7 heteroatoms. The Bertz CT molecular complexity index is 1560. The number of carbonyl (C=O) groups excluding carboxylic acids is 1. The number of carbonyl (C=O) groups is 1. The number of benzene rings is 3. The van der Waals surface area contributed by atoms with Crippen LogP contribution in [-0.4, -0.2) is 34.5 Å². The number of rotatable bonds is 6. The molecule has 0 aliphatic heterocycles. The van der Waals surface area contributed by atoms with Crippen LogP contribution in [0.3, 0.4) is 0 Å². The molecule has 0 aliphatic carbocycles. The van der Waals surface area contributed by atoms with Crippen molar-refractivity contribution in [2.24, 2.45) is 0 Å². The number of aromatic nitrogens is 2. The second-order valence-corrected chi connectivity index (χ2v) is 10.7. The molecule has 0 fully saturated rings. The summed E-state index contributed by atoms with van der Waals surface area (Å²) in [6.07, 6.45) is 3.69. The van der Waals surface area contributed by atoms with Crippen LogP contribution in [-0.2, 0) is 4.79 Å². The smallest absolute Gasteiger partial charge is 0.140 e. The lowest BCUT2D eigenvalue weighted by Gasteiger charge is -2.23.